The highest BCUT2D eigenvalue weighted by molar-refractivity contribution is 5.99. The van der Waals surface area contributed by atoms with Gasteiger partial charge in [0.15, 0.2) is 11.5 Å². The van der Waals surface area contributed by atoms with Crippen molar-refractivity contribution in [3.63, 3.8) is 0 Å². The Balaban J connectivity index is 1.76. The van der Waals surface area contributed by atoms with E-state index in [1.807, 2.05) is 48.5 Å². The van der Waals surface area contributed by atoms with Crippen LogP contribution < -0.4 is 0 Å². The van der Waals surface area contributed by atoms with Crippen LogP contribution in [0, 0.1) is 5.92 Å². The summed E-state index contributed by atoms with van der Waals surface area (Å²) in [6, 6.07) is 18.3. The molecule has 1 atom stereocenters. The van der Waals surface area contributed by atoms with Gasteiger partial charge in [-0.05, 0) is 24.1 Å². The number of carbonyl (C=O) groups excluding carboxylic acids is 1. The van der Waals surface area contributed by atoms with Crippen LogP contribution in [-0.4, -0.2) is 16.9 Å². The van der Waals surface area contributed by atoms with Crippen molar-refractivity contribution in [2.45, 2.75) is 12.8 Å². The number of carbonyl (C=O) groups is 2. The molecule has 1 N–H and O–H groups in total. The molecule has 4 nitrogen and oxygen atoms in total. The molecule has 0 aliphatic carbocycles. The molecule has 0 bridgehead atoms. The van der Waals surface area contributed by atoms with Crippen molar-refractivity contribution < 1.29 is 19.1 Å². The second-order valence-corrected chi connectivity index (χ2v) is 5.50. The van der Waals surface area contributed by atoms with E-state index in [1.54, 1.807) is 12.1 Å². The van der Waals surface area contributed by atoms with Gasteiger partial charge in [0.1, 0.15) is 5.58 Å². The number of para-hydroxylation sites is 1. The minimum Gasteiger partial charge on any atom is -0.481 e. The SMILES string of the molecule is O=C(CC(Cc1ccccc1)C(=O)O)c1cc2ccccc2o1. The van der Waals surface area contributed by atoms with Crippen molar-refractivity contribution in [1.29, 1.82) is 0 Å². The second kappa shape index (κ2) is 6.48. The van der Waals surface area contributed by atoms with Gasteiger partial charge in [-0.25, -0.2) is 0 Å². The molecule has 1 unspecified atom stereocenters. The molecule has 3 rings (SSSR count). The van der Waals surface area contributed by atoms with Crippen molar-refractivity contribution in [1.82, 2.24) is 0 Å². The van der Waals surface area contributed by atoms with E-state index in [4.69, 9.17) is 4.42 Å². The van der Waals surface area contributed by atoms with Crippen molar-refractivity contribution >= 4 is 22.7 Å². The monoisotopic (exact) mass is 308 g/mol. The van der Waals surface area contributed by atoms with Crippen molar-refractivity contribution in [3.05, 3.63) is 72.0 Å². The maximum atomic E-state index is 12.4. The normalized spacial score (nSPS) is 12.2. The van der Waals surface area contributed by atoms with E-state index in [0.29, 0.717) is 12.0 Å². The number of furan rings is 1. The van der Waals surface area contributed by atoms with Gasteiger partial charge in [-0.15, -0.1) is 0 Å². The lowest BCUT2D eigenvalue weighted by molar-refractivity contribution is -0.141. The number of carboxylic acids is 1. The Labute approximate surface area is 133 Å². The molecule has 0 radical (unpaired) electrons. The van der Waals surface area contributed by atoms with Crippen LogP contribution >= 0.6 is 0 Å². The van der Waals surface area contributed by atoms with Crippen molar-refractivity contribution in [2.24, 2.45) is 5.92 Å². The number of carboxylic acid groups (broad SMARTS) is 1. The highest BCUT2D eigenvalue weighted by atomic mass is 16.4. The minimum absolute atomic E-state index is 0.0793. The van der Waals surface area contributed by atoms with Crippen LogP contribution in [0.15, 0.2) is 65.1 Å². The molecule has 3 aromatic rings. The largest absolute Gasteiger partial charge is 0.481 e. The molecule has 2 aromatic carbocycles. The lowest BCUT2D eigenvalue weighted by atomic mass is 9.94. The van der Waals surface area contributed by atoms with Crippen LogP contribution in [0.25, 0.3) is 11.0 Å². The molecular weight excluding hydrogens is 292 g/mol. The summed E-state index contributed by atoms with van der Waals surface area (Å²) in [5.41, 5.74) is 1.53. The fourth-order valence-corrected chi connectivity index (χ4v) is 2.59. The van der Waals surface area contributed by atoms with Gasteiger partial charge in [-0.3, -0.25) is 9.59 Å². The molecule has 0 aliphatic rings. The number of hydrogen-bond donors (Lipinski definition) is 1. The van der Waals surface area contributed by atoms with Gasteiger partial charge in [0.25, 0.3) is 0 Å². The predicted molar refractivity (Wildman–Crippen MR) is 86.4 cm³/mol. The molecule has 1 heterocycles. The Bertz CT molecular complexity index is 800. The number of ketones is 1. The maximum absolute atomic E-state index is 12.4. The Morgan fingerprint density at radius 1 is 1.00 bits per heavy atom. The molecule has 116 valence electrons. The van der Waals surface area contributed by atoms with E-state index >= 15 is 0 Å². The molecule has 1 aromatic heterocycles. The third-order valence-electron chi connectivity index (χ3n) is 3.81. The summed E-state index contributed by atoms with van der Waals surface area (Å²) in [4.78, 5) is 23.8. The standard InChI is InChI=1S/C19H16O4/c20-16(18-12-14-8-4-5-9-17(14)23-18)11-15(19(21)22)10-13-6-2-1-3-7-13/h1-9,12,15H,10-11H2,(H,21,22). The van der Waals surface area contributed by atoms with E-state index < -0.39 is 11.9 Å². The van der Waals surface area contributed by atoms with E-state index in [1.165, 1.54) is 0 Å². The average molecular weight is 308 g/mol. The molecular formula is C19H16O4. The Morgan fingerprint density at radius 3 is 2.39 bits per heavy atom. The van der Waals surface area contributed by atoms with E-state index in [-0.39, 0.29) is 18.0 Å². The summed E-state index contributed by atoms with van der Waals surface area (Å²) in [5, 5.41) is 10.2. The van der Waals surface area contributed by atoms with Crippen LogP contribution in [0.2, 0.25) is 0 Å². The number of fused-ring (bicyclic) bond motifs is 1. The Morgan fingerprint density at radius 2 is 1.70 bits per heavy atom. The lowest BCUT2D eigenvalue weighted by Gasteiger charge is -2.10. The number of hydrogen-bond acceptors (Lipinski definition) is 3. The zero-order valence-electron chi connectivity index (χ0n) is 12.4. The summed E-state index contributed by atoms with van der Waals surface area (Å²) in [5.74, 6) is -1.81. The van der Waals surface area contributed by atoms with Crippen molar-refractivity contribution in [3.8, 4) is 0 Å². The van der Waals surface area contributed by atoms with Gasteiger partial charge in [0.2, 0.25) is 0 Å². The van der Waals surface area contributed by atoms with E-state index in [2.05, 4.69) is 0 Å². The first-order valence-electron chi connectivity index (χ1n) is 7.42. The molecule has 23 heavy (non-hydrogen) atoms. The third kappa shape index (κ3) is 3.48. The molecule has 0 amide bonds. The Kier molecular flexibility index (Phi) is 4.24. The first-order chi connectivity index (χ1) is 11.1. The zero-order chi connectivity index (χ0) is 16.2. The number of aliphatic carboxylic acids is 1. The molecule has 0 spiro atoms. The molecule has 0 fully saturated rings. The minimum atomic E-state index is -0.974. The number of benzene rings is 2. The van der Waals surface area contributed by atoms with Crippen LogP contribution in [-0.2, 0) is 11.2 Å². The summed E-state index contributed by atoms with van der Waals surface area (Å²) >= 11 is 0. The molecule has 4 heteroatoms. The zero-order valence-corrected chi connectivity index (χ0v) is 12.4. The van der Waals surface area contributed by atoms with Crippen LogP contribution in [0.5, 0.6) is 0 Å². The van der Waals surface area contributed by atoms with Gasteiger partial charge in [-0.2, -0.15) is 0 Å². The van der Waals surface area contributed by atoms with Gasteiger partial charge >= 0.3 is 5.97 Å². The van der Waals surface area contributed by atoms with Gasteiger partial charge in [0, 0.05) is 11.8 Å². The average Bonchev–Trinajstić information content (AvgIpc) is 2.99. The third-order valence-corrected chi connectivity index (χ3v) is 3.81. The highest BCUT2D eigenvalue weighted by Crippen LogP contribution is 2.22. The fraction of sp³-hybridized carbons (Fsp3) is 0.158. The predicted octanol–water partition coefficient (Wildman–Crippen LogP) is 3.95. The summed E-state index contributed by atoms with van der Waals surface area (Å²) in [6.07, 6.45) is 0.242. The lowest BCUT2D eigenvalue weighted by Crippen LogP contribution is -2.20. The van der Waals surface area contributed by atoms with Gasteiger partial charge < -0.3 is 9.52 Å². The summed E-state index contributed by atoms with van der Waals surface area (Å²) < 4.78 is 5.52. The molecule has 0 aliphatic heterocycles. The first kappa shape index (κ1) is 15.0. The summed E-state index contributed by atoms with van der Waals surface area (Å²) in [6.45, 7) is 0. The number of rotatable bonds is 6. The maximum Gasteiger partial charge on any atom is 0.307 e. The second-order valence-electron chi connectivity index (χ2n) is 5.50. The first-order valence-corrected chi connectivity index (χ1v) is 7.42. The van der Waals surface area contributed by atoms with Crippen molar-refractivity contribution in [2.75, 3.05) is 0 Å². The topological polar surface area (TPSA) is 67.5 Å². The molecule has 0 saturated carbocycles. The van der Waals surface area contributed by atoms with Crippen LogP contribution in [0.3, 0.4) is 0 Å². The fourth-order valence-electron chi connectivity index (χ4n) is 2.59. The van der Waals surface area contributed by atoms with E-state index in [0.717, 1.165) is 10.9 Å². The van der Waals surface area contributed by atoms with Gasteiger partial charge in [0.05, 0.1) is 5.92 Å². The summed E-state index contributed by atoms with van der Waals surface area (Å²) in [7, 11) is 0. The van der Waals surface area contributed by atoms with Crippen LogP contribution in [0.4, 0.5) is 0 Å². The quantitative estimate of drug-likeness (QED) is 0.700. The smallest absolute Gasteiger partial charge is 0.307 e. The van der Waals surface area contributed by atoms with E-state index in [9.17, 15) is 14.7 Å². The van der Waals surface area contributed by atoms with Crippen LogP contribution in [0.1, 0.15) is 22.5 Å². The molecule has 0 saturated heterocycles. The highest BCUT2D eigenvalue weighted by Gasteiger charge is 2.24. The van der Waals surface area contributed by atoms with Gasteiger partial charge in [-0.1, -0.05) is 48.5 Å². The number of Topliss-reactive ketones (excluding diaryl/α,β-unsaturated/α-hetero) is 1. The Hall–Kier alpha value is -2.88.